The third-order valence-electron chi connectivity index (χ3n) is 3.09. The summed E-state index contributed by atoms with van der Waals surface area (Å²) in [5.41, 5.74) is 0.165. The molecule has 0 aliphatic heterocycles. The molecule has 2 atom stereocenters. The zero-order valence-electron chi connectivity index (χ0n) is 10.1. The molecule has 0 aromatic heterocycles. The van der Waals surface area contributed by atoms with Crippen molar-refractivity contribution in [2.24, 2.45) is 0 Å². The van der Waals surface area contributed by atoms with Gasteiger partial charge in [-0.05, 0) is 30.5 Å². The third kappa shape index (κ3) is 3.71. The molecule has 0 spiro atoms. The number of carboxylic acids is 1. The van der Waals surface area contributed by atoms with Crippen LogP contribution in [0.25, 0.3) is 0 Å². The Morgan fingerprint density at radius 1 is 1.37 bits per heavy atom. The highest BCUT2D eigenvalue weighted by Gasteiger charge is 2.30. The summed E-state index contributed by atoms with van der Waals surface area (Å²) in [4.78, 5) is 10.8. The molecule has 6 heteroatoms. The third-order valence-corrected chi connectivity index (χ3v) is 3.09. The van der Waals surface area contributed by atoms with Crippen molar-refractivity contribution in [3.63, 3.8) is 0 Å². The first-order valence-corrected chi connectivity index (χ1v) is 6.08. The van der Waals surface area contributed by atoms with Gasteiger partial charge in [-0.25, -0.2) is 8.78 Å². The molecular weight excluding hydrogens is 256 g/mol. The van der Waals surface area contributed by atoms with Crippen LogP contribution >= 0.6 is 0 Å². The lowest BCUT2D eigenvalue weighted by Crippen LogP contribution is -2.38. The second-order valence-corrected chi connectivity index (χ2v) is 4.76. The molecule has 0 saturated heterocycles. The van der Waals surface area contributed by atoms with E-state index in [9.17, 15) is 18.7 Å². The number of hydrogen-bond acceptors (Lipinski definition) is 3. The molecule has 0 bridgehead atoms. The standard InChI is InChI=1S/C13H15F2NO3/c14-9-4-1-7(5-10(9)15)13(19)11(6-12(17)18)16-8-2-3-8/h1,4-5,8,11,13,16,19H,2-3,6H2,(H,17,18). The van der Waals surface area contributed by atoms with Crippen LogP contribution in [0.1, 0.15) is 30.9 Å². The van der Waals surface area contributed by atoms with Crippen LogP contribution in [0.2, 0.25) is 0 Å². The fraction of sp³-hybridized carbons (Fsp3) is 0.462. The smallest absolute Gasteiger partial charge is 0.305 e. The quantitative estimate of drug-likeness (QED) is 0.735. The lowest BCUT2D eigenvalue weighted by atomic mass is 9.99. The Kier molecular flexibility index (Phi) is 4.11. The summed E-state index contributed by atoms with van der Waals surface area (Å²) in [6.45, 7) is 0. The van der Waals surface area contributed by atoms with Crippen LogP contribution in [0.15, 0.2) is 18.2 Å². The average molecular weight is 271 g/mol. The second-order valence-electron chi connectivity index (χ2n) is 4.76. The van der Waals surface area contributed by atoms with Crippen molar-refractivity contribution in [3.05, 3.63) is 35.4 Å². The summed E-state index contributed by atoms with van der Waals surface area (Å²) in [6.07, 6.45) is 0.393. The van der Waals surface area contributed by atoms with E-state index in [0.29, 0.717) is 0 Å². The molecule has 1 aromatic rings. The number of nitrogens with one attached hydrogen (secondary N) is 1. The summed E-state index contributed by atoms with van der Waals surface area (Å²) >= 11 is 0. The minimum absolute atomic E-state index is 0.165. The SMILES string of the molecule is O=C(O)CC(NC1CC1)C(O)c1ccc(F)c(F)c1. The second kappa shape index (κ2) is 5.63. The van der Waals surface area contributed by atoms with Gasteiger partial charge in [0.15, 0.2) is 11.6 Å². The Morgan fingerprint density at radius 3 is 2.58 bits per heavy atom. The minimum Gasteiger partial charge on any atom is -0.481 e. The van der Waals surface area contributed by atoms with E-state index in [4.69, 9.17) is 5.11 Å². The van der Waals surface area contributed by atoms with E-state index in [1.165, 1.54) is 6.07 Å². The first kappa shape index (κ1) is 13.9. The normalized spacial score (nSPS) is 18.1. The van der Waals surface area contributed by atoms with E-state index in [1.807, 2.05) is 0 Å². The van der Waals surface area contributed by atoms with E-state index in [-0.39, 0.29) is 18.0 Å². The van der Waals surface area contributed by atoms with Crippen LogP contribution in [0.4, 0.5) is 8.78 Å². The lowest BCUT2D eigenvalue weighted by molar-refractivity contribution is -0.138. The van der Waals surface area contributed by atoms with Crippen LogP contribution in [0, 0.1) is 11.6 Å². The van der Waals surface area contributed by atoms with Crippen molar-refractivity contribution in [1.29, 1.82) is 0 Å². The minimum atomic E-state index is -1.19. The van der Waals surface area contributed by atoms with Crippen LogP contribution < -0.4 is 5.32 Å². The van der Waals surface area contributed by atoms with Gasteiger partial charge in [-0.1, -0.05) is 6.07 Å². The van der Waals surface area contributed by atoms with Gasteiger partial charge < -0.3 is 15.5 Å². The van der Waals surface area contributed by atoms with Gasteiger partial charge in [0.2, 0.25) is 0 Å². The molecule has 0 radical (unpaired) electrons. The van der Waals surface area contributed by atoms with E-state index < -0.39 is 29.7 Å². The molecule has 1 aliphatic rings. The molecule has 1 fully saturated rings. The van der Waals surface area contributed by atoms with Crippen LogP contribution in [-0.2, 0) is 4.79 Å². The summed E-state index contributed by atoms with van der Waals surface area (Å²) in [7, 11) is 0. The topological polar surface area (TPSA) is 69.6 Å². The van der Waals surface area contributed by atoms with Crippen LogP contribution in [-0.4, -0.2) is 28.3 Å². The zero-order chi connectivity index (χ0) is 14.0. The Balaban J connectivity index is 2.13. The maximum Gasteiger partial charge on any atom is 0.305 e. The van der Waals surface area contributed by atoms with Crippen molar-refractivity contribution in [2.75, 3.05) is 0 Å². The first-order valence-electron chi connectivity index (χ1n) is 6.08. The van der Waals surface area contributed by atoms with Crippen molar-refractivity contribution in [3.8, 4) is 0 Å². The van der Waals surface area contributed by atoms with Crippen molar-refractivity contribution >= 4 is 5.97 Å². The molecule has 1 aliphatic carbocycles. The maximum absolute atomic E-state index is 13.1. The van der Waals surface area contributed by atoms with E-state index in [1.54, 1.807) is 0 Å². The Hall–Kier alpha value is -1.53. The molecule has 0 heterocycles. The fourth-order valence-corrected chi connectivity index (χ4v) is 1.93. The van der Waals surface area contributed by atoms with Gasteiger partial charge in [-0.15, -0.1) is 0 Å². The molecule has 1 saturated carbocycles. The average Bonchev–Trinajstić information content (AvgIpc) is 3.14. The number of benzene rings is 1. The number of carboxylic acid groups (broad SMARTS) is 1. The molecule has 104 valence electrons. The summed E-state index contributed by atoms with van der Waals surface area (Å²) in [5, 5.41) is 21.9. The van der Waals surface area contributed by atoms with Gasteiger partial charge in [-0.3, -0.25) is 4.79 Å². The zero-order valence-corrected chi connectivity index (χ0v) is 10.1. The van der Waals surface area contributed by atoms with Crippen LogP contribution in [0.3, 0.4) is 0 Å². The van der Waals surface area contributed by atoms with E-state index in [0.717, 1.165) is 25.0 Å². The predicted molar refractivity (Wildman–Crippen MR) is 63.5 cm³/mol. The maximum atomic E-state index is 13.1. The summed E-state index contributed by atoms with van der Waals surface area (Å²) in [6, 6.07) is 2.55. The number of hydrogen-bond donors (Lipinski definition) is 3. The highest BCUT2D eigenvalue weighted by molar-refractivity contribution is 5.67. The molecule has 2 unspecified atom stereocenters. The monoisotopic (exact) mass is 271 g/mol. The summed E-state index contributed by atoms with van der Waals surface area (Å²) < 4.78 is 25.9. The molecule has 1 aromatic carbocycles. The number of aliphatic hydroxyl groups is 1. The number of aliphatic hydroxyl groups excluding tert-OH is 1. The molecule has 0 amide bonds. The van der Waals surface area contributed by atoms with Gasteiger partial charge in [-0.2, -0.15) is 0 Å². The van der Waals surface area contributed by atoms with Gasteiger partial charge in [0, 0.05) is 12.1 Å². The number of aliphatic carboxylic acids is 1. The largest absolute Gasteiger partial charge is 0.481 e. The molecule has 3 N–H and O–H groups in total. The van der Waals surface area contributed by atoms with E-state index in [2.05, 4.69) is 5.32 Å². The number of halogens is 2. The lowest BCUT2D eigenvalue weighted by Gasteiger charge is -2.23. The predicted octanol–water partition coefficient (Wildman–Crippen LogP) is 1.59. The molecule has 4 nitrogen and oxygen atoms in total. The molecule has 19 heavy (non-hydrogen) atoms. The van der Waals surface area contributed by atoms with Crippen LogP contribution in [0.5, 0.6) is 0 Å². The molecule has 2 rings (SSSR count). The Bertz CT molecular complexity index is 477. The number of carbonyl (C=O) groups is 1. The van der Waals surface area contributed by atoms with Crippen molar-refractivity contribution < 1.29 is 23.8 Å². The highest BCUT2D eigenvalue weighted by Crippen LogP contribution is 2.26. The van der Waals surface area contributed by atoms with Gasteiger partial charge in [0.25, 0.3) is 0 Å². The van der Waals surface area contributed by atoms with Crippen molar-refractivity contribution in [2.45, 2.75) is 37.5 Å². The van der Waals surface area contributed by atoms with Gasteiger partial charge in [0.1, 0.15) is 0 Å². The Morgan fingerprint density at radius 2 is 2.05 bits per heavy atom. The van der Waals surface area contributed by atoms with E-state index >= 15 is 0 Å². The summed E-state index contributed by atoms with van der Waals surface area (Å²) in [5.74, 6) is -3.11. The van der Waals surface area contributed by atoms with Crippen molar-refractivity contribution in [1.82, 2.24) is 5.32 Å². The Labute approximate surface area is 109 Å². The number of rotatable bonds is 6. The molecular formula is C13H15F2NO3. The van der Waals surface area contributed by atoms with Gasteiger partial charge in [0.05, 0.1) is 12.5 Å². The first-order chi connectivity index (χ1) is 8.97. The highest BCUT2D eigenvalue weighted by atomic mass is 19.2. The fourth-order valence-electron chi connectivity index (χ4n) is 1.93. The van der Waals surface area contributed by atoms with Gasteiger partial charge >= 0.3 is 5.97 Å².